The molecule has 0 aromatic heterocycles. The van der Waals surface area contributed by atoms with Crippen molar-refractivity contribution in [3.05, 3.63) is 23.8 Å². The van der Waals surface area contributed by atoms with Crippen LogP contribution in [0.25, 0.3) is 0 Å². The van der Waals surface area contributed by atoms with E-state index in [-0.39, 0.29) is 17.3 Å². The van der Waals surface area contributed by atoms with Crippen molar-refractivity contribution in [2.45, 2.75) is 6.54 Å². The van der Waals surface area contributed by atoms with Crippen molar-refractivity contribution < 1.29 is 18.3 Å². The number of benzene rings is 1. The highest BCUT2D eigenvalue weighted by molar-refractivity contribution is 7.91. The van der Waals surface area contributed by atoms with Crippen molar-refractivity contribution >= 4 is 9.84 Å². The summed E-state index contributed by atoms with van der Waals surface area (Å²) in [6, 6.07) is 5.19. The van der Waals surface area contributed by atoms with Crippen LogP contribution in [-0.4, -0.2) is 50.1 Å². The molecule has 0 saturated carbocycles. The molecular formula is C12H17NO4S. The van der Waals surface area contributed by atoms with E-state index >= 15 is 0 Å². The lowest BCUT2D eigenvalue weighted by Crippen LogP contribution is -2.39. The largest absolute Gasteiger partial charge is 0.504 e. The van der Waals surface area contributed by atoms with E-state index in [4.69, 9.17) is 4.74 Å². The Morgan fingerprint density at radius 2 is 2.00 bits per heavy atom. The third-order valence-electron chi connectivity index (χ3n) is 3.09. The summed E-state index contributed by atoms with van der Waals surface area (Å²) in [5, 5.41) is 9.49. The van der Waals surface area contributed by atoms with Crippen LogP contribution in [0.1, 0.15) is 5.56 Å². The highest BCUT2D eigenvalue weighted by atomic mass is 32.2. The van der Waals surface area contributed by atoms with Crippen molar-refractivity contribution in [3.8, 4) is 11.5 Å². The Morgan fingerprint density at radius 1 is 1.33 bits per heavy atom. The molecule has 0 spiro atoms. The van der Waals surface area contributed by atoms with Crippen molar-refractivity contribution in [3.63, 3.8) is 0 Å². The van der Waals surface area contributed by atoms with Gasteiger partial charge in [-0.05, 0) is 17.7 Å². The molecule has 0 radical (unpaired) electrons. The van der Waals surface area contributed by atoms with E-state index < -0.39 is 9.84 Å². The maximum atomic E-state index is 11.3. The van der Waals surface area contributed by atoms with Crippen molar-refractivity contribution in [2.75, 3.05) is 31.7 Å². The van der Waals surface area contributed by atoms with Crippen molar-refractivity contribution in [1.29, 1.82) is 0 Å². The molecule has 1 aliphatic heterocycles. The van der Waals surface area contributed by atoms with Crippen LogP contribution in [-0.2, 0) is 16.4 Å². The van der Waals surface area contributed by atoms with E-state index in [0.29, 0.717) is 25.4 Å². The van der Waals surface area contributed by atoms with Gasteiger partial charge in [0.2, 0.25) is 0 Å². The molecule has 0 unspecified atom stereocenters. The Bertz CT molecular complexity index is 513. The van der Waals surface area contributed by atoms with Crippen LogP contribution < -0.4 is 4.74 Å². The minimum absolute atomic E-state index is 0.113. The highest BCUT2D eigenvalue weighted by Crippen LogP contribution is 2.26. The van der Waals surface area contributed by atoms with Gasteiger partial charge in [-0.1, -0.05) is 6.07 Å². The lowest BCUT2D eigenvalue weighted by atomic mass is 10.2. The Hall–Kier alpha value is -1.27. The quantitative estimate of drug-likeness (QED) is 0.873. The van der Waals surface area contributed by atoms with Gasteiger partial charge < -0.3 is 9.84 Å². The smallest absolute Gasteiger partial charge is 0.160 e. The molecule has 1 heterocycles. The lowest BCUT2D eigenvalue weighted by Gasteiger charge is -2.26. The number of nitrogens with zero attached hydrogens (tertiary/aromatic N) is 1. The highest BCUT2D eigenvalue weighted by Gasteiger charge is 2.21. The molecule has 100 valence electrons. The van der Waals surface area contributed by atoms with Crippen LogP contribution in [0.2, 0.25) is 0 Å². The average molecular weight is 271 g/mol. The molecule has 1 aromatic rings. The standard InChI is InChI=1S/C12H17NO4S/c1-17-12-8-10(2-3-11(12)14)9-13-4-6-18(15,16)7-5-13/h2-3,8,14H,4-7,9H2,1H3. The van der Waals surface area contributed by atoms with E-state index in [0.717, 1.165) is 5.56 Å². The molecule has 0 bridgehead atoms. The van der Waals surface area contributed by atoms with Crippen LogP contribution >= 0.6 is 0 Å². The number of phenols is 1. The first-order chi connectivity index (χ1) is 8.50. The van der Waals surface area contributed by atoms with Crippen molar-refractivity contribution in [2.24, 2.45) is 0 Å². The summed E-state index contributed by atoms with van der Waals surface area (Å²) in [5.41, 5.74) is 1.00. The van der Waals surface area contributed by atoms with Gasteiger partial charge in [0.05, 0.1) is 18.6 Å². The minimum Gasteiger partial charge on any atom is -0.504 e. The molecule has 1 fully saturated rings. The Balaban J connectivity index is 2.02. The molecule has 18 heavy (non-hydrogen) atoms. The SMILES string of the molecule is COc1cc(CN2CCS(=O)(=O)CC2)ccc1O. The number of methoxy groups -OCH3 is 1. The molecule has 5 nitrogen and oxygen atoms in total. The van der Waals surface area contributed by atoms with Gasteiger partial charge in [-0.25, -0.2) is 8.42 Å². The fourth-order valence-electron chi connectivity index (χ4n) is 1.99. The minimum atomic E-state index is -2.83. The van der Waals surface area contributed by atoms with E-state index in [1.165, 1.54) is 7.11 Å². The lowest BCUT2D eigenvalue weighted by molar-refractivity contribution is 0.286. The van der Waals surface area contributed by atoms with Crippen LogP contribution in [0.3, 0.4) is 0 Å². The topological polar surface area (TPSA) is 66.8 Å². The molecule has 1 saturated heterocycles. The average Bonchev–Trinajstić information content (AvgIpc) is 2.34. The molecule has 0 aliphatic carbocycles. The van der Waals surface area contributed by atoms with Gasteiger partial charge in [0, 0.05) is 19.6 Å². The first-order valence-corrected chi connectivity index (χ1v) is 7.61. The predicted molar refractivity (Wildman–Crippen MR) is 68.6 cm³/mol. The zero-order chi connectivity index (χ0) is 13.2. The van der Waals surface area contributed by atoms with Gasteiger partial charge >= 0.3 is 0 Å². The second kappa shape index (κ2) is 5.16. The summed E-state index contributed by atoms with van der Waals surface area (Å²) in [5.74, 6) is 1.00. The summed E-state index contributed by atoms with van der Waals surface area (Å²) in [4.78, 5) is 2.09. The molecule has 1 aliphatic rings. The van der Waals surface area contributed by atoms with Gasteiger partial charge in [0.25, 0.3) is 0 Å². The van der Waals surface area contributed by atoms with Crippen LogP contribution in [0.5, 0.6) is 11.5 Å². The summed E-state index contributed by atoms with van der Waals surface area (Å²) >= 11 is 0. The predicted octanol–water partition coefficient (Wildman–Crippen LogP) is 0.631. The normalized spacial score (nSPS) is 19.6. The molecule has 2 rings (SSSR count). The van der Waals surface area contributed by atoms with E-state index in [1.807, 2.05) is 6.07 Å². The second-order valence-electron chi connectivity index (χ2n) is 4.43. The third kappa shape index (κ3) is 3.14. The number of ether oxygens (including phenoxy) is 1. The first-order valence-electron chi connectivity index (χ1n) is 5.79. The van der Waals surface area contributed by atoms with Gasteiger partial charge in [-0.2, -0.15) is 0 Å². The molecule has 1 aromatic carbocycles. The molecule has 0 amide bonds. The maximum absolute atomic E-state index is 11.3. The number of aromatic hydroxyl groups is 1. The van der Waals surface area contributed by atoms with E-state index in [9.17, 15) is 13.5 Å². The Kier molecular flexibility index (Phi) is 3.77. The number of hydrogen-bond acceptors (Lipinski definition) is 5. The molecule has 6 heteroatoms. The van der Waals surface area contributed by atoms with Crippen LogP contribution in [0.4, 0.5) is 0 Å². The van der Waals surface area contributed by atoms with Crippen LogP contribution in [0.15, 0.2) is 18.2 Å². The Morgan fingerprint density at radius 3 is 2.61 bits per heavy atom. The summed E-state index contributed by atoms with van der Waals surface area (Å²) in [6.45, 7) is 1.79. The zero-order valence-corrected chi connectivity index (χ0v) is 11.1. The van der Waals surface area contributed by atoms with E-state index in [1.54, 1.807) is 12.1 Å². The monoisotopic (exact) mass is 271 g/mol. The zero-order valence-electron chi connectivity index (χ0n) is 10.3. The molecule has 0 atom stereocenters. The summed E-state index contributed by atoms with van der Waals surface area (Å²) < 4.78 is 27.7. The van der Waals surface area contributed by atoms with Crippen LogP contribution in [0, 0.1) is 0 Å². The van der Waals surface area contributed by atoms with E-state index in [2.05, 4.69) is 4.90 Å². The summed E-state index contributed by atoms with van der Waals surface area (Å²) in [6.07, 6.45) is 0. The number of rotatable bonds is 3. The number of sulfone groups is 1. The number of hydrogen-bond donors (Lipinski definition) is 1. The fourth-order valence-corrected chi connectivity index (χ4v) is 3.26. The Labute approximate surface area is 107 Å². The van der Waals surface area contributed by atoms with Gasteiger partial charge in [-0.15, -0.1) is 0 Å². The molecular weight excluding hydrogens is 254 g/mol. The van der Waals surface area contributed by atoms with Crippen molar-refractivity contribution in [1.82, 2.24) is 4.90 Å². The maximum Gasteiger partial charge on any atom is 0.160 e. The molecule has 1 N–H and O–H groups in total. The van der Waals surface area contributed by atoms with Gasteiger partial charge in [0.1, 0.15) is 0 Å². The third-order valence-corrected chi connectivity index (χ3v) is 4.70. The number of phenolic OH excluding ortho intramolecular Hbond substituents is 1. The summed E-state index contributed by atoms with van der Waals surface area (Å²) in [7, 11) is -1.33. The fraction of sp³-hybridized carbons (Fsp3) is 0.500. The van der Waals surface area contributed by atoms with Gasteiger partial charge in [-0.3, -0.25) is 4.90 Å². The van der Waals surface area contributed by atoms with Gasteiger partial charge in [0.15, 0.2) is 21.3 Å². The second-order valence-corrected chi connectivity index (χ2v) is 6.74. The first kappa shape index (κ1) is 13.2.